The van der Waals surface area contributed by atoms with Crippen LogP contribution in [0.2, 0.25) is 0 Å². The van der Waals surface area contributed by atoms with Gasteiger partial charge in [-0.25, -0.2) is 9.78 Å². The van der Waals surface area contributed by atoms with E-state index in [1.54, 1.807) is 19.2 Å². The maximum Gasteiger partial charge on any atom is 0.339 e. The SMILES string of the molecule is CCOC(=O)c1ccnc2[nH]nc(Br)c12. The fraction of sp³-hybridized carbons (Fsp3) is 0.222. The van der Waals surface area contributed by atoms with Crippen LogP contribution in [0.4, 0.5) is 0 Å². The smallest absolute Gasteiger partial charge is 0.339 e. The lowest BCUT2D eigenvalue weighted by molar-refractivity contribution is 0.0528. The Labute approximate surface area is 94.0 Å². The number of aromatic amines is 1. The summed E-state index contributed by atoms with van der Waals surface area (Å²) in [7, 11) is 0. The third-order valence-corrected chi connectivity index (χ3v) is 2.49. The van der Waals surface area contributed by atoms with E-state index in [1.165, 1.54) is 0 Å². The summed E-state index contributed by atoms with van der Waals surface area (Å²) in [6.45, 7) is 2.11. The Morgan fingerprint density at radius 3 is 3.20 bits per heavy atom. The number of rotatable bonds is 2. The van der Waals surface area contributed by atoms with Crippen molar-refractivity contribution in [3.63, 3.8) is 0 Å². The van der Waals surface area contributed by atoms with Crippen LogP contribution in [0.15, 0.2) is 16.9 Å². The van der Waals surface area contributed by atoms with Crippen molar-refractivity contribution in [3.8, 4) is 0 Å². The molecular weight excluding hydrogens is 262 g/mol. The van der Waals surface area contributed by atoms with Crippen molar-refractivity contribution in [2.75, 3.05) is 6.61 Å². The lowest BCUT2D eigenvalue weighted by Crippen LogP contribution is -2.05. The van der Waals surface area contributed by atoms with Gasteiger partial charge in [-0.3, -0.25) is 5.10 Å². The molecule has 0 bridgehead atoms. The van der Waals surface area contributed by atoms with Gasteiger partial charge < -0.3 is 4.74 Å². The molecule has 0 spiro atoms. The zero-order valence-corrected chi connectivity index (χ0v) is 9.54. The molecule has 15 heavy (non-hydrogen) atoms. The molecule has 0 atom stereocenters. The first-order chi connectivity index (χ1) is 7.24. The Hall–Kier alpha value is -1.43. The topological polar surface area (TPSA) is 67.9 Å². The highest BCUT2D eigenvalue weighted by molar-refractivity contribution is 9.10. The monoisotopic (exact) mass is 269 g/mol. The van der Waals surface area contributed by atoms with E-state index in [-0.39, 0.29) is 5.97 Å². The molecule has 1 N–H and O–H groups in total. The van der Waals surface area contributed by atoms with Crippen LogP contribution in [-0.4, -0.2) is 27.8 Å². The van der Waals surface area contributed by atoms with Gasteiger partial charge in [0.2, 0.25) is 0 Å². The lowest BCUT2D eigenvalue weighted by Gasteiger charge is -2.02. The van der Waals surface area contributed by atoms with Crippen LogP contribution in [0.3, 0.4) is 0 Å². The van der Waals surface area contributed by atoms with Crippen LogP contribution in [0.25, 0.3) is 11.0 Å². The van der Waals surface area contributed by atoms with Gasteiger partial charge in [-0.05, 0) is 28.9 Å². The number of nitrogens with zero attached hydrogens (tertiary/aromatic N) is 2. The van der Waals surface area contributed by atoms with Gasteiger partial charge in [0.15, 0.2) is 5.65 Å². The van der Waals surface area contributed by atoms with E-state index in [0.29, 0.717) is 27.8 Å². The highest BCUT2D eigenvalue weighted by atomic mass is 79.9. The molecule has 0 aromatic carbocycles. The summed E-state index contributed by atoms with van der Waals surface area (Å²) in [5, 5.41) is 7.28. The Kier molecular flexibility index (Phi) is 2.68. The minimum Gasteiger partial charge on any atom is -0.462 e. The molecule has 0 unspecified atom stereocenters. The third-order valence-electron chi connectivity index (χ3n) is 1.91. The molecule has 0 aliphatic carbocycles. The van der Waals surface area contributed by atoms with Crippen LogP contribution >= 0.6 is 15.9 Å². The van der Waals surface area contributed by atoms with Crippen molar-refractivity contribution in [2.24, 2.45) is 0 Å². The molecule has 2 rings (SSSR count). The molecule has 0 aliphatic rings. The van der Waals surface area contributed by atoms with Crippen molar-refractivity contribution in [1.82, 2.24) is 15.2 Å². The fourth-order valence-electron chi connectivity index (χ4n) is 1.29. The molecule has 0 fully saturated rings. The van der Waals surface area contributed by atoms with E-state index in [1.807, 2.05) is 0 Å². The van der Waals surface area contributed by atoms with Gasteiger partial charge in [0.1, 0.15) is 4.60 Å². The van der Waals surface area contributed by atoms with E-state index in [9.17, 15) is 4.79 Å². The number of pyridine rings is 1. The number of nitrogens with one attached hydrogen (secondary N) is 1. The van der Waals surface area contributed by atoms with E-state index >= 15 is 0 Å². The molecule has 6 heteroatoms. The van der Waals surface area contributed by atoms with Crippen molar-refractivity contribution >= 4 is 32.9 Å². The Morgan fingerprint density at radius 1 is 1.67 bits per heavy atom. The normalized spacial score (nSPS) is 10.5. The molecule has 0 aliphatic heterocycles. The second-order valence-electron chi connectivity index (χ2n) is 2.82. The average Bonchev–Trinajstić information content (AvgIpc) is 2.61. The summed E-state index contributed by atoms with van der Waals surface area (Å²) in [4.78, 5) is 15.6. The van der Waals surface area contributed by atoms with Crippen molar-refractivity contribution in [1.29, 1.82) is 0 Å². The molecule has 5 nitrogen and oxygen atoms in total. The highest BCUT2D eigenvalue weighted by Crippen LogP contribution is 2.23. The summed E-state index contributed by atoms with van der Waals surface area (Å²) >= 11 is 3.25. The van der Waals surface area contributed by atoms with Gasteiger partial charge in [0.05, 0.1) is 17.6 Å². The van der Waals surface area contributed by atoms with Crippen LogP contribution in [-0.2, 0) is 4.74 Å². The molecular formula is C9H8BrN3O2. The molecule has 2 heterocycles. The number of fused-ring (bicyclic) bond motifs is 1. The fourth-order valence-corrected chi connectivity index (χ4v) is 1.78. The summed E-state index contributed by atoms with van der Waals surface area (Å²) in [6, 6.07) is 1.61. The predicted octanol–water partition coefficient (Wildman–Crippen LogP) is 1.90. The Morgan fingerprint density at radius 2 is 2.47 bits per heavy atom. The second-order valence-corrected chi connectivity index (χ2v) is 3.57. The number of aromatic nitrogens is 3. The first-order valence-corrected chi connectivity index (χ1v) is 5.19. The van der Waals surface area contributed by atoms with Crippen LogP contribution in [0.5, 0.6) is 0 Å². The van der Waals surface area contributed by atoms with Crippen LogP contribution < -0.4 is 0 Å². The molecule has 0 saturated carbocycles. The van der Waals surface area contributed by atoms with Gasteiger partial charge in [-0.15, -0.1) is 0 Å². The van der Waals surface area contributed by atoms with Gasteiger partial charge in [0.25, 0.3) is 0 Å². The standard InChI is InChI=1S/C9H8BrN3O2/c1-2-15-9(14)5-3-4-11-8-6(5)7(10)12-13-8/h3-4H,2H2,1H3,(H,11,12,13). The molecule has 2 aromatic heterocycles. The first-order valence-electron chi connectivity index (χ1n) is 4.39. The van der Waals surface area contributed by atoms with Gasteiger partial charge in [0, 0.05) is 6.20 Å². The number of carbonyl (C=O) groups is 1. The Balaban J connectivity index is 2.59. The van der Waals surface area contributed by atoms with Crippen molar-refractivity contribution in [2.45, 2.75) is 6.92 Å². The quantitative estimate of drug-likeness (QED) is 0.846. The lowest BCUT2D eigenvalue weighted by atomic mass is 10.2. The first kappa shape index (κ1) is 10.1. The maximum atomic E-state index is 11.6. The maximum absolute atomic E-state index is 11.6. The van der Waals surface area contributed by atoms with Gasteiger partial charge in [-0.2, -0.15) is 5.10 Å². The third kappa shape index (κ3) is 1.72. The van der Waals surface area contributed by atoms with Gasteiger partial charge in [-0.1, -0.05) is 0 Å². The van der Waals surface area contributed by atoms with E-state index in [2.05, 4.69) is 31.1 Å². The predicted molar refractivity (Wildman–Crippen MR) is 57.5 cm³/mol. The number of ether oxygens (including phenoxy) is 1. The number of H-pyrrole nitrogens is 1. The number of hydrogen-bond donors (Lipinski definition) is 1. The number of esters is 1. The van der Waals surface area contributed by atoms with Gasteiger partial charge >= 0.3 is 5.97 Å². The van der Waals surface area contributed by atoms with E-state index in [0.717, 1.165) is 0 Å². The summed E-state index contributed by atoms with van der Waals surface area (Å²) in [5.41, 5.74) is 1.02. The number of hydrogen-bond acceptors (Lipinski definition) is 4. The van der Waals surface area contributed by atoms with E-state index in [4.69, 9.17) is 4.74 Å². The van der Waals surface area contributed by atoms with Crippen molar-refractivity contribution in [3.05, 3.63) is 22.4 Å². The minimum absolute atomic E-state index is 0.345. The minimum atomic E-state index is -0.369. The number of halogens is 1. The Bertz CT molecular complexity index is 509. The second kappa shape index (κ2) is 3.98. The van der Waals surface area contributed by atoms with Crippen molar-refractivity contribution < 1.29 is 9.53 Å². The molecule has 2 aromatic rings. The largest absolute Gasteiger partial charge is 0.462 e. The number of carbonyl (C=O) groups excluding carboxylic acids is 1. The average molecular weight is 270 g/mol. The molecule has 0 radical (unpaired) electrons. The zero-order chi connectivity index (χ0) is 10.8. The van der Waals surface area contributed by atoms with Crippen LogP contribution in [0, 0.1) is 0 Å². The zero-order valence-electron chi connectivity index (χ0n) is 7.95. The molecule has 0 saturated heterocycles. The summed E-state index contributed by atoms with van der Waals surface area (Å²) in [5.74, 6) is -0.369. The molecule has 78 valence electrons. The van der Waals surface area contributed by atoms with Crippen LogP contribution in [0.1, 0.15) is 17.3 Å². The van der Waals surface area contributed by atoms with E-state index < -0.39 is 0 Å². The summed E-state index contributed by atoms with van der Waals surface area (Å²) < 4.78 is 5.49. The molecule has 0 amide bonds. The highest BCUT2D eigenvalue weighted by Gasteiger charge is 2.15. The summed E-state index contributed by atoms with van der Waals surface area (Å²) in [6.07, 6.45) is 1.54.